The third kappa shape index (κ3) is 3.65. The quantitative estimate of drug-likeness (QED) is 0.843. The van der Waals surface area contributed by atoms with E-state index in [0.29, 0.717) is 5.95 Å². The Kier molecular flexibility index (Phi) is 4.14. The molecule has 1 atom stereocenters. The lowest BCUT2D eigenvalue weighted by atomic mass is 9.92. The maximum atomic E-state index is 5.62. The van der Waals surface area contributed by atoms with Gasteiger partial charge in [0.25, 0.3) is 0 Å². The van der Waals surface area contributed by atoms with Crippen LogP contribution in [0.3, 0.4) is 0 Å². The Morgan fingerprint density at radius 3 is 3.00 bits per heavy atom. The average Bonchev–Trinajstić information content (AvgIpc) is 2.37. The minimum Gasteiger partial charge on any atom is -0.374 e. The highest BCUT2D eigenvalue weighted by molar-refractivity contribution is 5.27. The molecule has 1 aromatic rings. The maximum absolute atomic E-state index is 5.62. The van der Waals surface area contributed by atoms with Crippen molar-refractivity contribution in [2.45, 2.75) is 32.3 Å². The predicted molar refractivity (Wildman–Crippen MR) is 71.8 cm³/mol. The van der Waals surface area contributed by atoms with Crippen LogP contribution >= 0.6 is 0 Å². The van der Waals surface area contributed by atoms with Crippen molar-refractivity contribution in [2.75, 3.05) is 31.6 Å². The second kappa shape index (κ2) is 5.63. The van der Waals surface area contributed by atoms with Gasteiger partial charge in [-0.3, -0.25) is 0 Å². The lowest BCUT2D eigenvalue weighted by molar-refractivity contribution is 0.0371. The molecule has 1 fully saturated rings. The molecule has 2 rings (SSSR count). The van der Waals surface area contributed by atoms with Crippen molar-refractivity contribution in [3.05, 3.63) is 18.0 Å². The van der Waals surface area contributed by atoms with E-state index in [-0.39, 0.29) is 11.5 Å². The first-order valence-electron chi connectivity index (χ1n) is 6.45. The summed E-state index contributed by atoms with van der Waals surface area (Å²) in [6.07, 6.45) is 2.00. The molecule has 5 heteroatoms. The number of hydrogen-bond donors (Lipinski definition) is 2. The molecular formula is C13H22N4O. The second-order valence-electron chi connectivity index (χ2n) is 5.59. The van der Waals surface area contributed by atoms with Crippen molar-refractivity contribution >= 4 is 5.95 Å². The molecule has 0 aliphatic carbocycles. The van der Waals surface area contributed by atoms with Crippen LogP contribution in [-0.4, -0.2) is 42.3 Å². The Morgan fingerprint density at radius 2 is 2.33 bits per heavy atom. The van der Waals surface area contributed by atoms with E-state index in [1.807, 2.05) is 6.07 Å². The van der Waals surface area contributed by atoms with Gasteiger partial charge in [-0.25, -0.2) is 9.97 Å². The standard InChI is InChI=1S/C13H22N4O/c1-13(2,3)11-4-5-15-12(17-11)16-9-10-8-14-6-7-18-10/h4-5,10,14H,6-9H2,1-3H3,(H,15,16,17). The number of nitrogens with zero attached hydrogens (tertiary/aromatic N) is 2. The lowest BCUT2D eigenvalue weighted by Gasteiger charge is -2.24. The van der Waals surface area contributed by atoms with Gasteiger partial charge in [0.05, 0.1) is 18.4 Å². The minimum atomic E-state index is 0.0439. The lowest BCUT2D eigenvalue weighted by Crippen LogP contribution is -2.42. The topological polar surface area (TPSA) is 59.1 Å². The van der Waals surface area contributed by atoms with Crippen LogP contribution < -0.4 is 10.6 Å². The summed E-state index contributed by atoms with van der Waals surface area (Å²) in [5, 5.41) is 6.54. The zero-order valence-electron chi connectivity index (χ0n) is 11.4. The number of ether oxygens (including phenoxy) is 1. The molecule has 2 N–H and O–H groups in total. The monoisotopic (exact) mass is 250 g/mol. The summed E-state index contributed by atoms with van der Waals surface area (Å²) in [4.78, 5) is 8.77. The molecule has 5 nitrogen and oxygen atoms in total. The second-order valence-corrected chi connectivity index (χ2v) is 5.59. The molecule has 1 aromatic heterocycles. The molecule has 0 saturated carbocycles. The molecule has 0 aromatic carbocycles. The third-order valence-corrected chi connectivity index (χ3v) is 2.92. The summed E-state index contributed by atoms with van der Waals surface area (Å²) in [6.45, 7) is 9.77. The van der Waals surface area contributed by atoms with Crippen LogP contribution in [0.1, 0.15) is 26.5 Å². The predicted octanol–water partition coefficient (Wildman–Crippen LogP) is 1.17. The van der Waals surface area contributed by atoms with Crippen LogP contribution in [0, 0.1) is 0 Å². The molecule has 0 radical (unpaired) electrons. The molecule has 100 valence electrons. The van der Waals surface area contributed by atoms with E-state index in [0.717, 1.165) is 31.9 Å². The van der Waals surface area contributed by atoms with E-state index < -0.39 is 0 Å². The Labute approximate surface area is 108 Å². The Balaban J connectivity index is 1.92. The number of morpholine rings is 1. The van der Waals surface area contributed by atoms with Gasteiger partial charge in [-0.05, 0) is 6.07 Å². The van der Waals surface area contributed by atoms with Crippen molar-refractivity contribution in [1.82, 2.24) is 15.3 Å². The average molecular weight is 250 g/mol. The SMILES string of the molecule is CC(C)(C)c1ccnc(NCC2CNCCO2)n1. The fourth-order valence-electron chi connectivity index (χ4n) is 1.82. The maximum Gasteiger partial charge on any atom is 0.222 e. The van der Waals surface area contributed by atoms with Gasteiger partial charge in [-0.15, -0.1) is 0 Å². The van der Waals surface area contributed by atoms with Crippen LogP contribution in [0.15, 0.2) is 12.3 Å². The molecular weight excluding hydrogens is 228 g/mol. The largest absolute Gasteiger partial charge is 0.374 e. The van der Waals surface area contributed by atoms with Crippen molar-refractivity contribution in [2.24, 2.45) is 0 Å². The zero-order chi connectivity index (χ0) is 13.0. The summed E-state index contributed by atoms with van der Waals surface area (Å²) in [5.41, 5.74) is 1.09. The van der Waals surface area contributed by atoms with E-state index in [9.17, 15) is 0 Å². The summed E-state index contributed by atoms with van der Waals surface area (Å²) < 4.78 is 5.62. The third-order valence-electron chi connectivity index (χ3n) is 2.92. The van der Waals surface area contributed by atoms with E-state index in [2.05, 4.69) is 41.4 Å². The molecule has 0 bridgehead atoms. The van der Waals surface area contributed by atoms with Gasteiger partial charge >= 0.3 is 0 Å². The highest BCUT2D eigenvalue weighted by Crippen LogP contribution is 2.20. The van der Waals surface area contributed by atoms with Gasteiger partial charge in [0.2, 0.25) is 5.95 Å². The summed E-state index contributed by atoms with van der Waals surface area (Å²) in [7, 11) is 0. The van der Waals surface area contributed by atoms with Gasteiger partial charge in [0.1, 0.15) is 0 Å². The van der Waals surface area contributed by atoms with Gasteiger partial charge < -0.3 is 15.4 Å². The van der Waals surface area contributed by atoms with Crippen LogP contribution in [0.4, 0.5) is 5.95 Å². The first-order chi connectivity index (χ1) is 8.55. The molecule has 1 saturated heterocycles. The summed E-state index contributed by atoms with van der Waals surface area (Å²) in [6, 6.07) is 1.96. The van der Waals surface area contributed by atoms with Crippen molar-refractivity contribution in [3.8, 4) is 0 Å². The van der Waals surface area contributed by atoms with Crippen molar-refractivity contribution in [3.63, 3.8) is 0 Å². The smallest absolute Gasteiger partial charge is 0.222 e. The molecule has 1 aliphatic rings. The van der Waals surface area contributed by atoms with Crippen LogP contribution in [0.25, 0.3) is 0 Å². The molecule has 2 heterocycles. The van der Waals surface area contributed by atoms with Crippen LogP contribution in [0.5, 0.6) is 0 Å². The number of nitrogens with one attached hydrogen (secondary N) is 2. The molecule has 0 amide bonds. The Morgan fingerprint density at radius 1 is 1.50 bits per heavy atom. The van der Waals surface area contributed by atoms with Gasteiger partial charge in [-0.2, -0.15) is 0 Å². The van der Waals surface area contributed by atoms with Gasteiger partial charge in [0.15, 0.2) is 0 Å². The normalized spacial score (nSPS) is 20.7. The minimum absolute atomic E-state index is 0.0439. The van der Waals surface area contributed by atoms with E-state index in [1.165, 1.54) is 0 Å². The van der Waals surface area contributed by atoms with E-state index in [1.54, 1.807) is 6.20 Å². The fourth-order valence-corrected chi connectivity index (χ4v) is 1.82. The van der Waals surface area contributed by atoms with Crippen molar-refractivity contribution < 1.29 is 4.74 Å². The molecule has 1 unspecified atom stereocenters. The Hall–Kier alpha value is -1.20. The summed E-state index contributed by atoms with van der Waals surface area (Å²) in [5.74, 6) is 0.677. The first-order valence-corrected chi connectivity index (χ1v) is 6.45. The first kappa shape index (κ1) is 13.2. The number of rotatable bonds is 3. The number of anilines is 1. The highest BCUT2D eigenvalue weighted by Gasteiger charge is 2.17. The van der Waals surface area contributed by atoms with Gasteiger partial charge in [0, 0.05) is 31.2 Å². The zero-order valence-corrected chi connectivity index (χ0v) is 11.4. The van der Waals surface area contributed by atoms with Gasteiger partial charge in [-0.1, -0.05) is 20.8 Å². The molecule has 0 spiro atoms. The van der Waals surface area contributed by atoms with E-state index >= 15 is 0 Å². The number of aromatic nitrogens is 2. The van der Waals surface area contributed by atoms with Crippen molar-refractivity contribution in [1.29, 1.82) is 0 Å². The Bertz CT molecular complexity index is 383. The van der Waals surface area contributed by atoms with Crippen LogP contribution in [0.2, 0.25) is 0 Å². The molecule has 1 aliphatic heterocycles. The number of hydrogen-bond acceptors (Lipinski definition) is 5. The van der Waals surface area contributed by atoms with E-state index in [4.69, 9.17) is 4.74 Å². The van der Waals surface area contributed by atoms with Crippen LogP contribution in [-0.2, 0) is 10.2 Å². The highest BCUT2D eigenvalue weighted by atomic mass is 16.5. The molecule has 18 heavy (non-hydrogen) atoms. The fraction of sp³-hybridized carbons (Fsp3) is 0.692. The summed E-state index contributed by atoms with van der Waals surface area (Å²) >= 11 is 0.